The van der Waals surface area contributed by atoms with Crippen LogP contribution >= 0.6 is 11.6 Å². The van der Waals surface area contributed by atoms with Crippen molar-refractivity contribution < 1.29 is 18.0 Å². The third kappa shape index (κ3) is 4.60. The zero-order valence-corrected chi connectivity index (χ0v) is 22.5. The predicted molar refractivity (Wildman–Crippen MR) is 145 cm³/mol. The molecular formula is C28H28ClN3O4S. The van der Waals surface area contributed by atoms with Gasteiger partial charge >= 0.3 is 0 Å². The van der Waals surface area contributed by atoms with Gasteiger partial charge in [-0.2, -0.15) is 0 Å². The van der Waals surface area contributed by atoms with Crippen molar-refractivity contribution in [2.24, 2.45) is 0 Å². The highest BCUT2D eigenvalue weighted by molar-refractivity contribution is 7.90. The zero-order chi connectivity index (χ0) is 26.5. The van der Waals surface area contributed by atoms with Crippen molar-refractivity contribution in [3.8, 4) is 0 Å². The summed E-state index contributed by atoms with van der Waals surface area (Å²) >= 11 is 6.28. The number of aryl methyl sites for hydroxylation is 2. The monoisotopic (exact) mass is 537 g/mol. The molecule has 0 atom stereocenters. The van der Waals surface area contributed by atoms with Crippen LogP contribution in [0.3, 0.4) is 0 Å². The molecule has 5 rings (SSSR count). The van der Waals surface area contributed by atoms with E-state index in [-0.39, 0.29) is 22.5 Å². The van der Waals surface area contributed by atoms with Gasteiger partial charge in [0.2, 0.25) is 0 Å². The summed E-state index contributed by atoms with van der Waals surface area (Å²) in [5.41, 5.74) is 5.52. The number of aromatic amines is 1. The van der Waals surface area contributed by atoms with E-state index < -0.39 is 9.84 Å². The van der Waals surface area contributed by atoms with E-state index in [0.29, 0.717) is 38.7 Å². The molecule has 0 aliphatic carbocycles. The van der Waals surface area contributed by atoms with E-state index in [2.05, 4.69) is 10.3 Å². The van der Waals surface area contributed by atoms with Gasteiger partial charge in [0.15, 0.2) is 9.84 Å². The van der Waals surface area contributed by atoms with Crippen molar-refractivity contribution in [1.29, 1.82) is 0 Å². The number of carbonyl (C=O) groups is 2. The summed E-state index contributed by atoms with van der Waals surface area (Å²) in [7, 11) is -3.73. The maximum Gasteiger partial charge on any atom is 0.256 e. The van der Waals surface area contributed by atoms with Gasteiger partial charge in [-0.3, -0.25) is 9.59 Å². The van der Waals surface area contributed by atoms with E-state index in [1.54, 1.807) is 24.3 Å². The summed E-state index contributed by atoms with van der Waals surface area (Å²) < 4.78 is 26.6. The minimum Gasteiger partial charge on any atom is -0.358 e. The smallest absolute Gasteiger partial charge is 0.256 e. The standard InChI is InChI=1S/C28H28ClN3O4S/c1-16-7-6-8-23(29)22(16)15-37(35,36)19-9-10-24-20(13-19)21(27(33)31-24)14-25-17(2)26(18(3)30-25)28(34)32-11-4-5-12-32/h6-10,13-14,30H,4-5,11-12,15H2,1-3H3,(H,31,33)/b21-14-. The number of nitrogens with zero attached hydrogens (tertiary/aromatic N) is 1. The Morgan fingerprint density at radius 2 is 1.84 bits per heavy atom. The number of fused-ring (bicyclic) bond motifs is 1. The quantitative estimate of drug-likeness (QED) is 0.432. The van der Waals surface area contributed by atoms with Crippen molar-refractivity contribution in [3.63, 3.8) is 0 Å². The molecule has 7 nitrogen and oxygen atoms in total. The van der Waals surface area contributed by atoms with Crippen LogP contribution in [0.15, 0.2) is 41.3 Å². The van der Waals surface area contributed by atoms with Crippen LogP contribution in [0.25, 0.3) is 11.6 Å². The molecule has 2 aliphatic rings. The van der Waals surface area contributed by atoms with Gasteiger partial charge in [0.25, 0.3) is 11.8 Å². The molecule has 192 valence electrons. The molecule has 2 aliphatic heterocycles. The highest BCUT2D eigenvalue weighted by atomic mass is 35.5. The Morgan fingerprint density at radius 3 is 2.54 bits per heavy atom. The number of aromatic nitrogens is 1. The Hall–Kier alpha value is -3.36. The molecular weight excluding hydrogens is 510 g/mol. The number of H-pyrrole nitrogens is 1. The van der Waals surface area contributed by atoms with E-state index >= 15 is 0 Å². The molecule has 2 amide bonds. The second-order valence-electron chi connectivity index (χ2n) is 9.68. The van der Waals surface area contributed by atoms with Crippen molar-refractivity contribution in [1.82, 2.24) is 9.88 Å². The molecule has 9 heteroatoms. The van der Waals surface area contributed by atoms with Crippen LogP contribution in [0.4, 0.5) is 5.69 Å². The highest BCUT2D eigenvalue weighted by Crippen LogP contribution is 2.37. The van der Waals surface area contributed by atoms with Gasteiger partial charge in [0.05, 0.1) is 21.8 Å². The number of nitrogens with one attached hydrogen (secondary N) is 2. The van der Waals surface area contributed by atoms with Crippen LogP contribution in [0, 0.1) is 20.8 Å². The molecule has 0 unspecified atom stereocenters. The lowest BCUT2D eigenvalue weighted by atomic mass is 10.0. The molecule has 1 saturated heterocycles. The summed E-state index contributed by atoms with van der Waals surface area (Å²) in [4.78, 5) is 31.2. The minimum atomic E-state index is -3.73. The van der Waals surface area contributed by atoms with Crippen LogP contribution < -0.4 is 5.32 Å². The maximum atomic E-state index is 13.3. The lowest BCUT2D eigenvalue weighted by molar-refractivity contribution is -0.110. The number of halogens is 1. The second-order valence-corrected chi connectivity index (χ2v) is 12.1. The zero-order valence-electron chi connectivity index (χ0n) is 20.9. The number of amides is 2. The molecule has 3 aromatic rings. The Bertz CT molecular complexity index is 1560. The first-order valence-corrected chi connectivity index (χ1v) is 14.2. The fourth-order valence-electron chi connectivity index (χ4n) is 5.09. The molecule has 1 fully saturated rings. The third-order valence-corrected chi connectivity index (χ3v) is 9.19. The maximum absolute atomic E-state index is 13.3. The fraction of sp³-hybridized carbons (Fsp3) is 0.286. The van der Waals surface area contributed by atoms with Crippen molar-refractivity contribution in [2.45, 2.75) is 44.3 Å². The first-order chi connectivity index (χ1) is 17.6. The largest absolute Gasteiger partial charge is 0.358 e. The molecule has 2 N–H and O–H groups in total. The average Bonchev–Trinajstić information content (AvgIpc) is 3.55. The number of likely N-dealkylation sites (tertiary alicyclic amines) is 1. The van der Waals surface area contributed by atoms with Crippen LogP contribution in [-0.4, -0.2) is 43.2 Å². The van der Waals surface area contributed by atoms with E-state index in [0.717, 1.165) is 42.8 Å². The first kappa shape index (κ1) is 25.3. The van der Waals surface area contributed by atoms with E-state index in [4.69, 9.17) is 11.6 Å². The van der Waals surface area contributed by atoms with Gasteiger partial charge in [0.1, 0.15) is 0 Å². The number of hydrogen-bond donors (Lipinski definition) is 2. The van der Waals surface area contributed by atoms with Crippen LogP contribution in [0.1, 0.15) is 56.8 Å². The van der Waals surface area contributed by atoms with Crippen molar-refractivity contribution in [3.05, 3.63) is 80.6 Å². The summed E-state index contributed by atoms with van der Waals surface area (Å²) in [5.74, 6) is -0.576. The van der Waals surface area contributed by atoms with Crippen molar-refractivity contribution in [2.75, 3.05) is 18.4 Å². The Labute approximate surface area is 221 Å². The minimum absolute atomic E-state index is 0.00656. The van der Waals surface area contributed by atoms with Gasteiger partial charge in [0, 0.05) is 40.8 Å². The van der Waals surface area contributed by atoms with Crippen LogP contribution in [-0.2, 0) is 20.4 Å². The van der Waals surface area contributed by atoms with Gasteiger partial charge in [-0.05, 0) is 80.6 Å². The summed E-state index contributed by atoms with van der Waals surface area (Å²) in [5, 5.41) is 3.21. The number of benzene rings is 2. The Balaban J connectivity index is 1.51. The first-order valence-electron chi connectivity index (χ1n) is 12.2. The van der Waals surface area contributed by atoms with Gasteiger partial charge < -0.3 is 15.2 Å². The molecule has 37 heavy (non-hydrogen) atoms. The lowest BCUT2D eigenvalue weighted by Crippen LogP contribution is -2.28. The lowest BCUT2D eigenvalue weighted by Gasteiger charge is -2.15. The molecule has 3 heterocycles. The third-order valence-electron chi connectivity index (χ3n) is 7.19. The van der Waals surface area contributed by atoms with Crippen LogP contribution in [0.5, 0.6) is 0 Å². The summed E-state index contributed by atoms with van der Waals surface area (Å²) in [6.07, 6.45) is 3.70. The Morgan fingerprint density at radius 1 is 1.11 bits per heavy atom. The number of anilines is 1. The summed E-state index contributed by atoms with van der Waals surface area (Å²) in [6, 6.07) is 9.92. The number of hydrogen-bond acceptors (Lipinski definition) is 4. The van der Waals surface area contributed by atoms with Gasteiger partial charge in [-0.15, -0.1) is 0 Å². The van der Waals surface area contributed by atoms with E-state index in [9.17, 15) is 18.0 Å². The second kappa shape index (κ2) is 9.50. The van der Waals surface area contributed by atoms with E-state index in [1.165, 1.54) is 12.1 Å². The predicted octanol–water partition coefficient (Wildman–Crippen LogP) is 5.30. The average molecular weight is 538 g/mol. The topological polar surface area (TPSA) is 99.3 Å². The molecule has 2 aromatic carbocycles. The number of carbonyl (C=O) groups excluding carboxylic acids is 2. The Kier molecular flexibility index (Phi) is 6.50. The highest BCUT2D eigenvalue weighted by Gasteiger charge is 2.29. The van der Waals surface area contributed by atoms with Gasteiger partial charge in [-0.25, -0.2) is 8.42 Å². The molecule has 0 bridgehead atoms. The number of sulfone groups is 1. The normalized spacial score (nSPS) is 16.4. The van der Waals surface area contributed by atoms with Gasteiger partial charge in [-0.1, -0.05) is 23.7 Å². The fourth-order valence-corrected chi connectivity index (χ4v) is 6.96. The molecule has 0 radical (unpaired) electrons. The van der Waals surface area contributed by atoms with Crippen molar-refractivity contribution >= 4 is 50.6 Å². The molecule has 1 aromatic heterocycles. The van der Waals surface area contributed by atoms with Crippen LogP contribution in [0.2, 0.25) is 5.02 Å². The SMILES string of the molecule is Cc1cccc(Cl)c1CS(=O)(=O)c1ccc2c(c1)/C(=C/c1[nH]c(C)c(C(=O)N3CCCC3)c1C)C(=O)N2. The molecule has 0 saturated carbocycles. The number of rotatable bonds is 5. The van der Waals surface area contributed by atoms with E-state index in [1.807, 2.05) is 31.7 Å². The summed E-state index contributed by atoms with van der Waals surface area (Å²) in [6.45, 7) is 7.04. The molecule has 0 spiro atoms.